The third-order valence-electron chi connectivity index (χ3n) is 6.03. The molecular weight excluding hydrogens is 445 g/mol. The zero-order valence-corrected chi connectivity index (χ0v) is 17.9. The molecule has 2 aliphatic rings. The molecule has 1 aliphatic carbocycles. The second-order valence-corrected chi connectivity index (χ2v) is 8.64. The quantitative estimate of drug-likeness (QED) is 0.661. The molecule has 1 aromatic heterocycles. The van der Waals surface area contributed by atoms with Gasteiger partial charge in [-0.05, 0) is 43.2 Å². The number of urea groups is 1. The van der Waals surface area contributed by atoms with E-state index in [-0.39, 0.29) is 18.3 Å². The van der Waals surface area contributed by atoms with Gasteiger partial charge in [0.25, 0.3) is 0 Å². The Hall–Kier alpha value is -2.81. The summed E-state index contributed by atoms with van der Waals surface area (Å²) in [5.41, 5.74) is -1.33. The number of nitrogens with zero attached hydrogens (tertiary/aromatic N) is 3. The van der Waals surface area contributed by atoms with E-state index in [0.29, 0.717) is 17.4 Å². The Labute approximate surface area is 188 Å². The molecule has 0 bridgehead atoms. The van der Waals surface area contributed by atoms with Crippen molar-refractivity contribution in [3.8, 4) is 0 Å². The molecule has 0 atom stereocenters. The maximum Gasteiger partial charge on any atom is 0.416 e. The van der Waals surface area contributed by atoms with Crippen molar-refractivity contribution in [1.29, 1.82) is 0 Å². The first-order valence-electron chi connectivity index (χ1n) is 10.4. The Morgan fingerprint density at radius 1 is 1.16 bits per heavy atom. The van der Waals surface area contributed by atoms with E-state index in [1.807, 2.05) is 0 Å². The normalized spacial score (nSPS) is 18.3. The van der Waals surface area contributed by atoms with Gasteiger partial charge in [-0.2, -0.15) is 13.2 Å². The predicted molar refractivity (Wildman–Crippen MR) is 115 cm³/mol. The van der Waals surface area contributed by atoms with Crippen LogP contribution in [0.1, 0.15) is 37.7 Å². The lowest BCUT2D eigenvalue weighted by Gasteiger charge is -2.39. The number of amides is 3. The summed E-state index contributed by atoms with van der Waals surface area (Å²) in [5, 5.41) is 2.95. The summed E-state index contributed by atoms with van der Waals surface area (Å²) < 4.78 is 38.9. The minimum Gasteiger partial charge on any atom is -0.325 e. The van der Waals surface area contributed by atoms with E-state index in [1.165, 1.54) is 18.3 Å². The molecule has 2 heterocycles. The maximum atomic E-state index is 13.3. The van der Waals surface area contributed by atoms with Crippen molar-refractivity contribution in [1.82, 2.24) is 9.88 Å². The maximum absolute atomic E-state index is 13.3. The molecule has 2 fully saturated rings. The Morgan fingerprint density at radius 3 is 2.56 bits per heavy atom. The standard InChI is InChI=1S/C22H22ClF3N4O2/c23-16-7-8-18(27-12-16)29-14-21(9-2-1-3-10-21)30(20(29)32)13-19(31)28-17-6-4-5-15(11-17)22(24,25)26/h4-8,11-12H,1-3,9-10,13-14H2,(H,28,31). The van der Waals surface area contributed by atoms with E-state index >= 15 is 0 Å². The van der Waals surface area contributed by atoms with Gasteiger partial charge in [0.2, 0.25) is 5.91 Å². The number of alkyl halides is 3. The van der Waals surface area contributed by atoms with Crippen LogP contribution in [0.15, 0.2) is 42.6 Å². The van der Waals surface area contributed by atoms with Gasteiger partial charge in [-0.25, -0.2) is 9.78 Å². The van der Waals surface area contributed by atoms with E-state index in [0.717, 1.165) is 44.2 Å². The predicted octanol–water partition coefficient (Wildman–Crippen LogP) is 5.34. The van der Waals surface area contributed by atoms with Crippen molar-refractivity contribution in [2.75, 3.05) is 23.3 Å². The average molecular weight is 467 g/mol. The molecule has 1 saturated heterocycles. The number of carbonyl (C=O) groups is 2. The molecule has 1 aromatic carbocycles. The highest BCUT2D eigenvalue weighted by atomic mass is 35.5. The van der Waals surface area contributed by atoms with Crippen molar-refractivity contribution in [3.05, 3.63) is 53.2 Å². The van der Waals surface area contributed by atoms with Crippen LogP contribution in [0.2, 0.25) is 5.02 Å². The lowest BCUT2D eigenvalue weighted by Crippen LogP contribution is -2.51. The van der Waals surface area contributed by atoms with E-state index in [9.17, 15) is 22.8 Å². The van der Waals surface area contributed by atoms with Crippen LogP contribution in [0.25, 0.3) is 0 Å². The highest BCUT2D eigenvalue weighted by Gasteiger charge is 2.51. The zero-order chi connectivity index (χ0) is 22.9. The van der Waals surface area contributed by atoms with Crippen LogP contribution in [0, 0.1) is 0 Å². The van der Waals surface area contributed by atoms with Gasteiger partial charge in [0, 0.05) is 11.9 Å². The van der Waals surface area contributed by atoms with Gasteiger partial charge in [0.1, 0.15) is 12.4 Å². The van der Waals surface area contributed by atoms with Gasteiger partial charge in [-0.1, -0.05) is 36.9 Å². The number of carbonyl (C=O) groups excluding carboxylic acids is 2. The lowest BCUT2D eigenvalue weighted by molar-refractivity contribution is -0.137. The summed E-state index contributed by atoms with van der Waals surface area (Å²) in [5.74, 6) is -0.0985. The van der Waals surface area contributed by atoms with Crippen LogP contribution < -0.4 is 10.2 Å². The van der Waals surface area contributed by atoms with Crippen molar-refractivity contribution in [2.45, 2.75) is 43.8 Å². The second-order valence-electron chi connectivity index (χ2n) is 8.20. The molecule has 1 aliphatic heterocycles. The number of pyridine rings is 1. The molecule has 170 valence electrons. The number of rotatable bonds is 4. The molecule has 0 unspecified atom stereocenters. The smallest absolute Gasteiger partial charge is 0.325 e. The number of hydrogen-bond donors (Lipinski definition) is 1. The van der Waals surface area contributed by atoms with Crippen molar-refractivity contribution in [2.24, 2.45) is 0 Å². The van der Waals surface area contributed by atoms with Crippen LogP contribution in [-0.2, 0) is 11.0 Å². The van der Waals surface area contributed by atoms with Gasteiger partial charge in [0.15, 0.2) is 0 Å². The monoisotopic (exact) mass is 466 g/mol. The van der Waals surface area contributed by atoms with Crippen LogP contribution in [0.4, 0.5) is 29.5 Å². The number of hydrogen-bond acceptors (Lipinski definition) is 3. The Morgan fingerprint density at radius 2 is 1.91 bits per heavy atom. The Bertz CT molecular complexity index is 1010. The second kappa shape index (κ2) is 8.61. The van der Waals surface area contributed by atoms with E-state index in [1.54, 1.807) is 21.9 Å². The van der Waals surface area contributed by atoms with E-state index in [2.05, 4.69) is 10.3 Å². The number of halogens is 4. The highest BCUT2D eigenvalue weighted by molar-refractivity contribution is 6.30. The third-order valence-corrected chi connectivity index (χ3v) is 6.26. The van der Waals surface area contributed by atoms with E-state index < -0.39 is 23.2 Å². The number of anilines is 2. The van der Waals surface area contributed by atoms with Gasteiger partial charge >= 0.3 is 12.2 Å². The SMILES string of the molecule is O=C(CN1C(=O)N(c2ccc(Cl)cn2)CC12CCCCC2)Nc1cccc(C(F)(F)F)c1. The fourth-order valence-corrected chi connectivity index (χ4v) is 4.61. The van der Waals surface area contributed by atoms with Gasteiger partial charge in [0.05, 0.1) is 22.7 Å². The molecule has 0 radical (unpaired) electrons. The Kier molecular flexibility index (Phi) is 6.03. The number of benzene rings is 1. The third kappa shape index (κ3) is 4.53. The molecule has 1 N–H and O–H groups in total. The van der Waals surface area contributed by atoms with Crippen molar-refractivity contribution >= 4 is 35.0 Å². The summed E-state index contributed by atoms with van der Waals surface area (Å²) >= 11 is 5.91. The van der Waals surface area contributed by atoms with Crippen LogP contribution >= 0.6 is 11.6 Å². The van der Waals surface area contributed by atoms with Crippen LogP contribution in [-0.4, -0.2) is 40.5 Å². The molecule has 2 aromatic rings. The summed E-state index contributed by atoms with van der Waals surface area (Å²) in [6, 6.07) is 7.39. The van der Waals surface area contributed by atoms with Crippen molar-refractivity contribution < 1.29 is 22.8 Å². The summed E-state index contributed by atoms with van der Waals surface area (Å²) in [6.45, 7) is 0.149. The van der Waals surface area contributed by atoms with Crippen molar-refractivity contribution in [3.63, 3.8) is 0 Å². The fraction of sp³-hybridized carbons (Fsp3) is 0.409. The molecule has 10 heteroatoms. The minimum absolute atomic E-state index is 0.0328. The minimum atomic E-state index is -4.51. The topological polar surface area (TPSA) is 65.5 Å². The van der Waals surface area contributed by atoms with Crippen LogP contribution in [0.5, 0.6) is 0 Å². The summed E-state index contributed by atoms with van der Waals surface area (Å²) in [6.07, 6.45) is 1.37. The average Bonchev–Trinajstić information content (AvgIpc) is 3.00. The van der Waals surface area contributed by atoms with Gasteiger partial charge < -0.3 is 10.2 Å². The molecular formula is C22H22ClF3N4O2. The van der Waals surface area contributed by atoms with Gasteiger partial charge in [-0.3, -0.25) is 9.69 Å². The van der Waals surface area contributed by atoms with E-state index in [4.69, 9.17) is 11.6 Å². The molecule has 1 saturated carbocycles. The molecule has 32 heavy (non-hydrogen) atoms. The Balaban J connectivity index is 1.54. The molecule has 6 nitrogen and oxygen atoms in total. The number of nitrogens with one attached hydrogen (secondary N) is 1. The largest absolute Gasteiger partial charge is 0.416 e. The summed E-state index contributed by atoms with van der Waals surface area (Å²) in [4.78, 5) is 33.4. The highest BCUT2D eigenvalue weighted by Crippen LogP contribution is 2.40. The lowest BCUT2D eigenvalue weighted by atomic mass is 9.81. The summed E-state index contributed by atoms with van der Waals surface area (Å²) in [7, 11) is 0. The first kappa shape index (κ1) is 22.4. The number of aromatic nitrogens is 1. The van der Waals surface area contributed by atoms with Crippen LogP contribution in [0.3, 0.4) is 0 Å². The first-order chi connectivity index (χ1) is 15.2. The molecule has 1 spiro atoms. The first-order valence-corrected chi connectivity index (χ1v) is 10.7. The van der Waals surface area contributed by atoms with Gasteiger partial charge in [-0.15, -0.1) is 0 Å². The fourth-order valence-electron chi connectivity index (χ4n) is 4.49. The molecule has 4 rings (SSSR count). The zero-order valence-electron chi connectivity index (χ0n) is 17.2. The molecule has 3 amide bonds.